The Morgan fingerprint density at radius 3 is 1.82 bits per heavy atom. The third-order valence-corrected chi connectivity index (χ3v) is 1.42. The van der Waals surface area contributed by atoms with Crippen LogP contribution in [0.5, 0.6) is 0 Å². The summed E-state index contributed by atoms with van der Waals surface area (Å²) >= 11 is 0. The molecule has 2 nitrogen and oxygen atoms in total. The van der Waals surface area contributed by atoms with Crippen LogP contribution in [0.3, 0.4) is 0 Å². The summed E-state index contributed by atoms with van der Waals surface area (Å²) in [6, 6.07) is 0. The van der Waals surface area contributed by atoms with E-state index in [2.05, 4.69) is 40.4 Å². The van der Waals surface area contributed by atoms with Gasteiger partial charge in [-0.3, -0.25) is 4.58 Å². The van der Waals surface area contributed by atoms with Crippen molar-refractivity contribution in [2.75, 3.05) is 6.61 Å². The zero-order valence-electron chi connectivity index (χ0n) is 8.52. The first-order valence-corrected chi connectivity index (χ1v) is 7.42. The zero-order valence-corrected chi connectivity index (χ0v) is 9.52. The predicted octanol–water partition coefficient (Wildman–Crippen LogP) is 2.82. The lowest BCUT2D eigenvalue weighted by Crippen LogP contribution is -2.28. The first-order chi connectivity index (χ1) is 4.71. The van der Waals surface area contributed by atoms with E-state index in [1.54, 1.807) is 0 Å². The van der Waals surface area contributed by atoms with Crippen molar-refractivity contribution >= 4 is 8.32 Å². The topological polar surface area (TPSA) is 18.5 Å². The highest BCUT2D eigenvalue weighted by atomic mass is 28.4. The summed E-state index contributed by atoms with van der Waals surface area (Å²) in [5.74, 6) is 0. The Morgan fingerprint density at radius 1 is 1.09 bits per heavy atom. The van der Waals surface area contributed by atoms with E-state index < -0.39 is 8.32 Å². The van der Waals surface area contributed by atoms with Crippen LogP contribution in [0.1, 0.15) is 20.8 Å². The molecule has 0 fully saturated rings. The van der Waals surface area contributed by atoms with E-state index in [0.29, 0.717) is 6.61 Å². The molecule has 3 heteroatoms. The molecule has 11 heavy (non-hydrogen) atoms. The van der Waals surface area contributed by atoms with Gasteiger partial charge in [-0.1, -0.05) is 20.8 Å². The summed E-state index contributed by atoms with van der Waals surface area (Å²) in [6.45, 7) is 13.4. The molecule has 0 heterocycles. The minimum absolute atomic E-state index is 0.194. The Kier molecular flexibility index (Phi) is 3.74. The Labute approximate surface area is 71.0 Å². The first-order valence-electron chi connectivity index (χ1n) is 4.01. The second-order valence-electron chi connectivity index (χ2n) is 5.02. The van der Waals surface area contributed by atoms with Crippen molar-refractivity contribution in [1.29, 1.82) is 0 Å². The van der Waals surface area contributed by atoms with E-state index in [1.807, 2.05) is 0 Å². The van der Waals surface area contributed by atoms with Gasteiger partial charge in [0.05, 0.1) is 6.61 Å². The van der Waals surface area contributed by atoms with Gasteiger partial charge in [-0.05, 0) is 25.1 Å². The Bertz CT molecular complexity index is 96.2. The molecule has 0 N–H and O–H groups in total. The molecule has 0 bridgehead atoms. The fraction of sp³-hybridized carbons (Fsp3) is 1.00. The average molecular weight is 176 g/mol. The zero-order chi connectivity index (χ0) is 9.12. The van der Waals surface area contributed by atoms with E-state index >= 15 is 0 Å². The molecular formula is C8H20O2Si. The highest BCUT2D eigenvalue weighted by Gasteiger charge is 2.18. The smallest absolute Gasteiger partial charge is 0.230 e. The van der Waals surface area contributed by atoms with Crippen molar-refractivity contribution in [1.82, 2.24) is 0 Å². The molecule has 0 aliphatic heterocycles. The Hall–Kier alpha value is 0.137. The minimum atomic E-state index is -1.48. The normalized spacial score (nSPS) is 13.6. The van der Waals surface area contributed by atoms with Crippen molar-refractivity contribution in [2.45, 2.75) is 40.4 Å². The largest absolute Gasteiger partial charge is 0.287 e. The second kappa shape index (κ2) is 3.69. The molecule has 68 valence electrons. The SMILES string of the molecule is CC(C)(C)COO[Si](C)(C)C. The van der Waals surface area contributed by atoms with E-state index in [1.165, 1.54) is 0 Å². The van der Waals surface area contributed by atoms with Gasteiger partial charge < -0.3 is 0 Å². The van der Waals surface area contributed by atoms with Crippen LogP contribution >= 0.6 is 0 Å². The van der Waals surface area contributed by atoms with Gasteiger partial charge in [0.25, 0.3) is 0 Å². The van der Waals surface area contributed by atoms with Gasteiger partial charge in [0.1, 0.15) is 0 Å². The summed E-state index contributed by atoms with van der Waals surface area (Å²) in [4.78, 5) is 5.12. The summed E-state index contributed by atoms with van der Waals surface area (Å²) < 4.78 is 5.24. The van der Waals surface area contributed by atoms with Gasteiger partial charge in [-0.2, -0.15) is 0 Å². The fourth-order valence-electron chi connectivity index (χ4n) is 0.383. The number of rotatable bonds is 3. The van der Waals surface area contributed by atoms with Crippen LogP contribution in [-0.2, 0) is 9.46 Å². The highest BCUT2D eigenvalue weighted by molar-refractivity contribution is 6.69. The summed E-state index contributed by atoms with van der Waals surface area (Å²) in [5, 5.41) is 0. The number of hydrogen-bond donors (Lipinski definition) is 0. The first kappa shape index (κ1) is 11.1. The molecule has 0 aromatic heterocycles. The van der Waals surface area contributed by atoms with Crippen LogP contribution in [0.25, 0.3) is 0 Å². The molecule has 0 aliphatic rings. The molecule has 0 aromatic carbocycles. The van der Waals surface area contributed by atoms with E-state index in [9.17, 15) is 0 Å². The van der Waals surface area contributed by atoms with Gasteiger partial charge in [-0.25, -0.2) is 4.89 Å². The van der Waals surface area contributed by atoms with Gasteiger partial charge in [0.15, 0.2) is 0 Å². The minimum Gasteiger partial charge on any atom is -0.287 e. The number of hydrogen-bond acceptors (Lipinski definition) is 2. The molecule has 0 aromatic rings. The predicted molar refractivity (Wildman–Crippen MR) is 49.8 cm³/mol. The monoisotopic (exact) mass is 176 g/mol. The summed E-state index contributed by atoms with van der Waals surface area (Å²) in [6.07, 6.45) is 0. The highest BCUT2D eigenvalue weighted by Crippen LogP contribution is 2.14. The molecule has 0 spiro atoms. The average Bonchev–Trinajstić information content (AvgIpc) is 1.55. The van der Waals surface area contributed by atoms with Gasteiger partial charge >= 0.3 is 0 Å². The maximum Gasteiger partial charge on any atom is 0.230 e. The second-order valence-corrected chi connectivity index (χ2v) is 9.41. The van der Waals surface area contributed by atoms with E-state index in [4.69, 9.17) is 9.46 Å². The molecule has 0 unspecified atom stereocenters. The van der Waals surface area contributed by atoms with Crippen molar-refractivity contribution in [3.05, 3.63) is 0 Å². The standard InChI is InChI=1S/C8H20O2Si/c1-8(2,3)7-9-10-11(4,5)6/h7H2,1-6H3. The molecule has 0 atom stereocenters. The molecule has 0 aliphatic carbocycles. The van der Waals surface area contributed by atoms with Crippen molar-refractivity contribution < 1.29 is 9.46 Å². The Morgan fingerprint density at radius 2 is 1.55 bits per heavy atom. The van der Waals surface area contributed by atoms with Crippen LogP contribution < -0.4 is 0 Å². The Balaban J connectivity index is 3.44. The lowest BCUT2D eigenvalue weighted by atomic mass is 9.99. The van der Waals surface area contributed by atoms with Crippen molar-refractivity contribution in [2.24, 2.45) is 5.41 Å². The van der Waals surface area contributed by atoms with Crippen LogP contribution in [0, 0.1) is 5.41 Å². The van der Waals surface area contributed by atoms with E-state index in [0.717, 1.165) is 0 Å². The third-order valence-electron chi connectivity index (χ3n) is 0.801. The summed E-state index contributed by atoms with van der Waals surface area (Å²) in [7, 11) is -1.48. The van der Waals surface area contributed by atoms with Gasteiger partial charge in [0, 0.05) is 0 Å². The maximum absolute atomic E-state index is 5.24. The lowest BCUT2D eigenvalue weighted by molar-refractivity contribution is -0.234. The van der Waals surface area contributed by atoms with Crippen LogP contribution in [-0.4, -0.2) is 14.9 Å². The fourth-order valence-corrected chi connectivity index (χ4v) is 0.795. The van der Waals surface area contributed by atoms with Crippen LogP contribution in [0.15, 0.2) is 0 Å². The molecule has 0 radical (unpaired) electrons. The van der Waals surface area contributed by atoms with Gasteiger partial charge in [-0.15, -0.1) is 0 Å². The summed E-state index contributed by atoms with van der Waals surface area (Å²) in [5.41, 5.74) is 0.194. The lowest BCUT2D eigenvalue weighted by Gasteiger charge is -2.21. The molecule has 0 amide bonds. The quantitative estimate of drug-likeness (QED) is 0.374. The third kappa shape index (κ3) is 10.1. The van der Waals surface area contributed by atoms with Crippen LogP contribution in [0.4, 0.5) is 0 Å². The van der Waals surface area contributed by atoms with Crippen molar-refractivity contribution in [3.8, 4) is 0 Å². The molecule has 0 saturated heterocycles. The molecule has 0 rings (SSSR count). The van der Waals surface area contributed by atoms with E-state index in [-0.39, 0.29) is 5.41 Å². The molecular weight excluding hydrogens is 156 g/mol. The molecule has 0 saturated carbocycles. The van der Waals surface area contributed by atoms with Gasteiger partial charge in [0.2, 0.25) is 8.32 Å². The maximum atomic E-state index is 5.24. The van der Waals surface area contributed by atoms with Crippen LogP contribution in [0.2, 0.25) is 19.6 Å². The van der Waals surface area contributed by atoms with Crippen molar-refractivity contribution in [3.63, 3.8) is 0 Å².